The highest BCUT2D eigenvalue weighted by atomic mass is 16.1. The van der Waals surface area contributed by atoms with Crippen LogP contribution in [0.25, 0.3) is 0 Å². The molecule has 2 bridgehead atoms. The summed E-state index contributed by atoms with van der Waals surface area (Å²) in [6.07, 6.45) is 3.61. The number of nitrogens with two attached hydrogens (primary N) is 1. The number of carbonyl (C=O) groups excluding carboxylic acids is 1. The summed E-state index contributed by atoms with van der Waals surface area (Å²) in [6, 6.07) is 3.15. The Balaban J connectivity index is 1.98. The number of aromatic nitrogens is 1. The summed E-state index contributed by atoms with van der Waals surface area (Å²) in [5.41, 5.74) is 8.76. The number of nitrogens with one attached hydrogen (secondary N) is 1. The van der Waals surface area contributed by atoms with E-state index in [9.17, 15) is 4.79 Å². The standard InChI is InChI=1S/C15H22N4O/c1-9-7-13(14(15(16)20)10(2)17-9)19-6-5-11-3-4-12(8-19)18-11/h7,11-12,18H,3-6,8H2,1-2H3,(H2,16,20). The molecule has 2 fully saturated rings. The van der Waals surface area contributed by atoms with E-state index in [2.05, 4.69) is 15.2 Å². The number of anilines is 1. The van der Waals surface area contributed by atoms with Crippen LogP contribution >= 0.6 is 0 Å². The number of amides is 1. The molecule has 0 aromatic carbocycles. The summed E-state index contributed by atoms with van der Waals surface area (Å²) in [5, 5.41) is 3.66. The zero-order valence-electron chi connectivity index (χ0n) is 12.1. The second-order valence-corrected chi connectivity index (χ2v) is 5.98. The van der Waals surface area contributed by atoms with Crippen LogP contribution in [0.5, 0.6) is 0 Å². The van der Waals surface area contributed by atoms with Gasteiger partial charge in [0.1, 0.15) is 0 Å². The molecule has 1 aromatic rings. The Morgan fingerprint density at radius 3 is 2.85 bits per heavy atom. The highest BCUT2D eigenvalue weighted by Crippen LogP contribution is 2.28. The predicted octanol–water partition coefficient (Wildman–Crippen LogP) is 1.13. The van der Waals surface area contributed by atoms with Gasteiger partial charge < -0.3 is 16.0 Å². The van der Waals surface area contributed by atoms with E-state index >= 15 is 0 Å². The van der Waals surface area contributed by atoms with E-state index in [-0.39, 0.29) is 5.91 Å². The Kier molecular flexibility index (Phi) is 3.38. The molecule has 0 radical (unpaired) electrons. The van der Waals surface area contributed by atoms with Crippen molar-refractivity contribution in [2.24, 2.45) is 5.73 Å². The molecule has 0 aliphatic carbocycles. The van der Waals surface area contributed by atoms with Crippen molar-refractivity contribution in [2.75, 3.05) is 18.0 Å². The lowest BCUT2D eigenvalue weighted by molar-refractivity contribution is 0.0999. The van der Waals surface area contributed by atoms with Crippen LogP contribution in [0.2, 0.25) is 0 Å². The van der Waals surface area contributed by atoms with Crippen LogP contribution in [-0.4, -0.2) is 36.1 Å². The minimum Gasteiger partial charge on any atom is -0.369 e. The van der Waals surface area contributed by atoms with Gasteiger partial charge in [0.2, 0.25) is 0 Å². The fourth-order valence-corrected chi connectivity index (χ4v) is 3.52. The molecule has 108 valence electrons. The molecule has 1 amide bonds. The molecule has 3 heterocycles. The highest BCUT2D eigenvalue weighted by molar-refractivity contribution is 5.99. The topological polar surface area (TPSA) is 71.2 Å². The Morgan fingerprint density at radius 2 is 2.10 bits per heavy atom. The molecule has 3 N–H and O–H groups in total. The second-order valence-electron chi connectivity index (χ2n) is 5.98. The molecule has 2 unspecified atom stereocenters. The number of nitrogens with zero attached hydrogens (tertiary/aromatic N) is 2. The van der Waals surface area contributed by atoms with E-state index < -0.39 is 0 Å². The minimum absolute atomic E-state index is 0.382. The number of carbonyl (C=O) groups is 1. The summed E-state index contributed by atoms with van der Waals surface area (Å²) in [6.45, 7) is 5.74. The molecular formula is C15H22N4O. The molecular weight excluding hydrogens is 252 g/mol. The summed E-state index contributed by atoms with van der Waals surface area (Å²) in [7, 11) is 0. The fourth-order valence-electron chi connectivity index (χ4n) is 3.52. The van der Waals surface area contributed by atoms with Gasteiger partial charge in [-0.15, -0.1) is 0 Å². The van der Waals surface area contributed by atoms with E-state index in [1.807, 2.05) is 19.9 Å². The van der Waals surface area contributed by atoms with Crippen molar-refractivity contribution >= 4 is 11.6 Å². The Bertz CT molecular complexity index is 543. The smallest absolute Gasteiger partial charge is 0.252 e. The van der Waals surface area contributed by atoms with Gasteiger partial charge >= 0.3 is 0 Å². The van der Waals surface area contributed by atoms with Crippen molar-refractivity contribution in [1.82, 2.24) is 10.3 Å². The minimum atomic E-state index is -0.382. The largest absolute Gasteiger partial charge is 0.369 e. The molecule has 2 aliphatic rings. The Morgan fingerprint density at radius 1 is 1.35 bits per heavy atom. The van der Waals surface area contributed by atoms with E-state index in [4.69, 9.17) is 5.73 Å². The van der Waals surface area contributed by atoms with Crippen molar-refractivity contribution in [3.05, 3.63) is 23.0 Å². The monoisotopic (exact) mass is 274 g/mol. The van der Waals surface area contributed by atoms with Crippen molar-refractivity contribution in [3.8, 4) is 0 Å². The van der Waals surface area contributed by atoms with Crippen molar-refractivity contribution in [1.29, 1.82) is 0 Å². The Labute approximate surface area is 119 Å². The van der Waals surface area contributed by atoms with Gasteiger partial charge in [-0.1, -0.05) is 0 Å². The quantitative estimate of drug-likeness (QED) is 0.848. The van der Waals surface area contributed by atoms with Crippen molar-refractivity contribution in [2.45, 2.75) is 45.2 Å². The van der Waals surface area contributed by atoms with Crippen LogP contribution in [0.3, 0.4) is 0 Å². The summed E-state index contributed by atoms with van der Waals surface area (Å²) in [4.78, 5) is 18.5. The van der Waals surface area contributed by atoms with Crippen LogP contribution in [-0.2, 0) is 0 Å². The zero-order valence-corrected chi connectivity index (χ0v) is 12.1. The SMILES string of the molecule is Cc1cc(N2CCC3CCC(C2)N3)c(C(N)=O)c(C)n1. The van der Waals surface area contributed by atoms with E-state index in [1.54, 1.807) is 0 Å². The van der Waals surface area contributed by atoms with Crippen LogP contribution < -0.4 is 16.0 Å². The second kappa shape index (κ2) is 5.05. The van der Waals surface area contributed by atoms with Crippen LogP contribution in [0.1, 0.15) is 41.0 Å². The van der Waals surface area contributed by atoms with Gasteiger partial charge in [-0.05, 0) is 39.2 Å². The maximum atomic E-state index is 11.8. The summed E-state index contributed by atoms with van der Waals surface area (Å²) < 4.78 is 0. The lowest BCUT2D eigenvalue weighted by Crippen LogP contribution is -2.36. The van der Waals surface area contributed by atoms with E-state index in [0.29, 0.717) is 17.6 Å². The number of hydrogen-bond donors (Lipinski definition) is 2. The van der Waals surface area contributed by atoms with E-state index in [0.717, 1.165) is 36.6 Å². The average molecular weight is 274 g/mol. The normalized spacial score (nSPS) is 25.6. The fraction of sp³-hybridized carbons (Fsp3) is 0.600. The maximum Gasteiger partial charge on any atom is 0.252 e. The van der Waals surface area contributed by atoms with Gasteiger partial charge in [-0.2, -0.15) is 0 Å². The molecule has 2 atom stereocenters. The van der Waals surface area contributed by atoms with Crippen LogP contribution in [0.4, 0.5) is 5.69 Å². The molecule has 0 saturated carbocycles. The Hall–Kier alpha value is -1.62. The molecule has 3 rings (SSSR count). The molecule has 5 heteroatoms. The van der Waals surface area contributed by atoms with Gasteiger partial charge in [0.05, 0.1) is 16.9 Å². The number of pyridine rings is 1. The molecule has 1 aromatic heterocycles. The summed E-state index contributed by atoms with van der Waals surface area (Å²) >= 11 is 0. The van der Waals surface area contributed by atoms with E-state index in [1.165, 1.54) is 12.8 Å². The zero-order chi connectivity index (χ0) is 14.3. The molecule has 0 spiro atoms. The van der Waals surface area contributed by atoms with Crippen LogP contribution in [0, 0.1) is 13.8 Å². The molecule has 2 aliphatic heterocycles. The molecule has 20 heavy (non-hydrogen) atoms. The number of fused-ring (bicyclic) bond motifs is 2. The highest BCUT2D eigenvalue weighted by Gasteiger charge is 2.31. The van der Waals surface area contributed by atoms with Gasteiger partial charge in [-0.3, -0.25) is 9.78 Å². The van der Waals surface area contributed by atoms with Gasteiger partial charge in [-0.25, -0.2) is 0 Å². The third-order valence-electron chi connectivity index (χ3n) is 4.42. The number of hydrogen-bond acceptors (Lipinski definition) is 4. The first kappa shape index (κ1) is 13.4. The first-order chi connectivity index (χ1) is 9.54. The summed E-state index contributed by atoms with van der Waals surface area (Å²) in [5.74, 6) is -0.382. The first-order valence-corrected chi connectivity index (χ1v) is 7.33. The average Bonchev–Trinajstić information content (AvgIpc) is 2.67. The predicted molar refractivity (Wildman–Crippen MR) is 79.0 cm³/mol. The van der Waals surface area contributed by atoms with Crippen molar-refractivity contribution < 1.29 is 4.79 Å². The lowest BCUT2D eigenvalue weighted by atomic mass is 10.0. The first-order valence-electron chi connectivity index (χ1n) is 7.33. The number of aryl methyl sites for hydroxylation is 2. The third-order valence-corrected chi connectivity index (χ3v) is 4.42. The third kappa shape index (κ3) is 2.38. The molecule has 2 saturated heterocycles. The lowest BCUT2D eigenvalue weighted by Gasteiger charge is -2.28. The molecule has 5 nitrogen and oxygen atoms in total. The maximum absolute atomic E-state index is 11.8. The van der Waals surface area contributed by atoms with Gasteiger partial charge in [0.25, 0.3) is 5.91 Å². The van der Waals surface area contributed by atoms with Gasteiger partial charge in [0.15, 0.2) is 0 Å². The van der Waals surface area contributed by atoms with Crippen molar-refractivity contribution in [3.63, 3.8) is 0 Å². The van der Waals surface area contributed by atoms with Crippen LogP contribution in [0.15, 0.2) is 6.07 Å². The number of rotatable bonds is 2. The van der Waals surface area contributed by atoms with Gasteiger partial charge in [0, 0.05) is 30.9 Å². The number of primary amides is 1.